The second kappa shape index (κ2) is 7.67. The molecule has 0 aliphatic carbocycles. The number of halogens is 1. The molecule has 4 nitrogen and oxygen atoms in total. The number of aryl methyl sites for hydroxylation is 3. The molecule has 0 aromatic heterocycles. The Balaban J connectivity index is 2.18. The van der Waals surface area contributed by atoms with Gasteiger partial charge in [-0.1, -0.05) is 35.4 Å². The van der Waals surface area contributed by atoms with Crippen molar-refractivity contribution in [2.24, 2.45) is 0 Å². The van der Waals surface area contributed by atoms with E-state index in [2.05, 4.69) is 10.6 Å². The minimum absolute atomic E-state index is 0.0191. The SMILES string of the molecule is Cc1cc(C)c(NC(=O)/C(C#N)=C\Nc2cccc(Cl)c2)c(C)c1. The predicted octanol–water partition coefficient (Wildman–Crippen LogP) is 4.72. The topological polar surface area (TPSA) is 64.9 Å². The van der Waals surface area contributed by atoms with Crippen molar-refractivity contribution < 1.29 is 4.79 Å². The maximum absolute atomic E-state index is 12.4. The summed E-state index contributed by atoms with van der Waals surface area (Å²) in [7, 11) is 0. The van der Waals surface area contributed by atoms with E-state index in [-0.39, 0.29) is 5.57 Å². The number of hydrogen-bond acceptors (Lipinski definition) is 3. The van der Waals surface area contributed by atoms with Crippen LogP contribution in [0.15, 0.2) is 48.2 Å². The van der Waals surface area contributed by atoms with Crippen LogP contribution in [-0.2, 0) is 4.79 Å². The summed E-state index contributed by atoms with van der Waals surface area (Å²) in [4.78, 5) is 12.4. The van der Waals surface area contributed by atoms with Crippen LogP contribution >= 0.6 is 11.6 Å². The summed E-state index contributed by atoms with van der Waals surface area (Å²) in [5.74, 6) is -0.456. The number of anilines is 2. The predicted molar refractivity (Wildman–Crippen MR) is 98.1 cm³/mol. The Kier molecular flexibility index (Phi) is 5.62. The average Bonchev–Trinajstić information content (AvgIpc) is 2.51. The number of nitrogens with zero attached hydrogens (tertiary/aromatic N) is 1. The fourth-order valence-corrected chi connectivity index (χ4v) is 2.63. The molecular formula is C19H18ClN3O. The molecule has 0 bridgehead atoms. The van der Waals surface area contributed by atoms with Crippen LogP contribution in [0.25, 0.3) is 0 Å². The van der Waals surface area contributed by atoms with Gasteiger partial charge in [-0.25, -0.2) is 0 Å². The first-order chi connectivity index (χ1) is 11.4. The molecule has 2 aromatic rings. The maximum atomic E-state index is 12.4. The number of benzene rings is 2. The van der Waals surface area contributed by atoms with Crippen LogP contribution in [0.5, 0.6) is 0 Å². The van der Waals surface area contributed by atoms with Gasteiger partial charge in [0.05, 0.1) is 0 Å². The number of hydrogen-bond donors (Lipinski definition) is 2. The van der Waals surface area contributed by atoms with Crippen LogP contribution in [0.3, 0.4) is 0 Å². The fraction of sp³-hybridized carbons (Fsp3) is 0.158. The molecule has 0 aliphatic rings. The highest BCUT2D eigenvalue weighted by atomic mass is 35.5. The molecule has 0 saturated carbocycles. The lowest BCUT2D eigenvalue weighted by molar-refractivity contribution is -0.112. The van der Waals surface area contributed by atoms with E-state index in [0.717, 1.165) is 22.4 Å². The van der Waals surface area contributed by atoms with Gasteiger partial charge in [-0.05, 0) is 50.1 Å². The maximum Gasteiger partial charge on any atom is 0.267 e. The van der Waals surface area contributed by atoms with E-state index in [1.807, 2.05) is 39.0 Å². The van der Waals surface area contributed by atoms with Gasteiger partial charge < -0.3 is 10.6 Å². The van der Waals surface area contributed by atoms with Gasteiger partial charge in [0, 0.05) is 22.6 Å². The van der Waals surface area contributed by atoms with Crippen LogP contribution < -0.4 is 10.6 Å². The molecule has 2 N–H and O–H groups in total. The Bertz CT molecular complexity index is 827. The molecule has 0 saturated heterocycles. The van der Waals surface area contributed by atoms with Crippen molar-refractivity contribution in [3.8, 4) is 6.07 Å². The Hall–Kier alpha value is -2.77. The third-order valence-corrected chi connectivity index (χ3v) is 3.72. The largest absolute Gasteiger partial charge is 0.360 e. The van der Waals surface area contributed by atoms with Crippen LogP contribution in [0.4, 0.5) is 11.4 Å². The summed E-state index contributed by atoms with van der Waals surface area (Å²) >= 11 is 5.91. The van der Waals surface area contributed by atoms with E-state index in [1.165, 1.54) is 6.20 Å². The van der Waals surface area contributed by atoms with Crippen LogP contribution in [0.2, 0.25) is 5.02 Å². The van der Waals surface area contributed by atoms with Gasteiger partial charge in [0.25, 0.3) is 5.91 Å². The Morgan fingerprint density at radius 2 is 1.83 bits per heavy atom. The minimum atomic E-state index is -0.456. The lowest BCUT2D eigenvalue weighted by Crippen LogP contribution is -2.16. The van der Waals surface area contributed by atoms with Crippen LogP contribution in [0.1, 0.15) is 16.7 Å². The molecule has 0 atom stereocenters. The third kappa shape index (κ3) is 4.37. The second-order valence-corrected chi connectivity index (χ2v) is 5.99. The molecule has 24 heavy (non-hydrogen) atoms. The van der Waals surface area contributed by atoms with Crippen molar-refractivity contribution in [1.82, 2.24) is 0 Å². The summed E-state index contributed by atoms with van der Waals surface area (Å²) in [5, 5.41) is 15.5. The Labute approximate surface area is 146 Å². The standard InChI is InChI=1S/C19H18ClN3O/c1-12-7-13(2)18(14(3)8-12)23-19(24)15(10-21)11-22-17-6-4-5-16(20)9-17/h4-9,11,22H,1-3H3,(H,23,24)/b15-11-. The van der Waals surface area contributed by atoms with Crippen molar-refractivity contribution in [2.45, 2.75) is 20.8 Å². The van der Waals surface area contributed by atoms with Crippen molar-refractivity contribution in [2.75, 3.05) is 10.6 Å². The molecule has 5 heteroatoms. The Morgan fingerprint density at radius 1 is 1.17 bits per heavy atom. The van der Waals surface area contributed by atoms with Gasteiger partial charge in [-0.3, -0.25) is 4.79 Å². The lowest BCUT2D eigenvalue weighted by Gasteiger charge is -2.12. The zero-order chi connectivity index (χ0) is 17.7. The van der Waals surface area contributed by atoms with Crippen molar-refractivity contribution in [3.63, 3.8) is 0 Å². The highest BCUT2D eigenvalue weighted by molar-refractivity contribution is 6.30. The number of carbonyl (C=O) groups is 1. The zero-order valence-electron chi connectivity index (χ0n) is 13.8. The summed E-state index contributed by atoms with van der Waals surface area (Å²) < 4.78 is 0. The molecule has 2 aromatic carbocycles. The van der Waals surface area contributed by atoms with Gasteiger partial charge in [-0.2, -0.15) is 5.26 Å². The van der Waals surface area contributed by atoms with Gasteiger partial charge in [0.15, 0.2) is 0 Å². The molecule has 0 radical (unpaired) electrons. The van der Waals surface area contributed by atoms with Crippen molar-refractivity contribution in [1.29, 1.82) is 5.26 Å². The first-order valence-electron chi connectivity index (χ1n) is 7.42. The molecule has 122 valence electrons. The van der Waals surface area contributed by atoms with Gasteiger partial charge in [-0.15, -0.1) is 0 Å². The molecule has 0 heterocycles. The fourth-order valence-electron chi connectivity index (χ4n) is 2.44. The number of amides is 1. The van der Waals surface area contributed by atoms with E-state index in [9.17, 15) is 10.1 Å². The molecule has 1 amide bonds. The van der Waals surface area contributed by atoms with E-state index in [0.29, 0.717) is 10.7 Å². The van der Waals surface area contributed by atoms with Gasteiger partial charge in [0.1, 0.15) is 11.6 Å². The van der Waals surface area contributed by atoms with Gasteiger partial charge in [0.2, 0.25) is 0 Å². The molecule has 0 aliphatic heterocycles. The van der Waals surface area contributed by atoms with Crippen molar-refractivity contribution >= 4 is 28.9 Å². The number of carbonyl (C=O) groups excluding carboxylic acids is 1. The highest BCUT2D eigenvalue weighted by Gasteiger charge is 2.12. The molecule has 0 unspecified atom stereocenters. The average molecular weight is 340 g/mol. The first kappa shape index (κ1) is 17.6. The van der Waals surface area contributed by atoms with Gasteiger partial charge >= 0.3 is 0 Å². The summed E-state index contributed by atoms with van der Waals surface area (Å²) in [6.45, 7) is 5.85. The zero-order valence-corrected chi connectivity index (χ0v) is 14.5. The summed E-state index contributed by atoms with van der Waals surface area (Å²) in [5.41, 5.74) is 4.46. The molecule has 0 fully saturated rings. The quantitative estimate of drug-likeness (QED) is 0.625. The highest BCUT2D eigenvalue weighted by Crippen LogP contribution is 2.22. The van der Waals surface area contributed by atoms with E-state index in [1.54, 1.807) is 24.3 Å². The van der Waals surface area contributed by atoms with Crippen LogP contribution in [-0.4, -0.2) is 5.91 Å². The smallest absolute Gasteiger partial charge is 0.267 e. The van der Waals surface area contributed by atoms with Crippen molar-refractivity contribution in [3.05, 3.63) is 69.9 Å². The monoisotopic (exact) mass is 339 g/mol. The summed E-state index contributed by atoms with van der Waals surface area (Å²) in [6, 6.07) is 12.9. The second-order valence-electron chi connectivity index (χ2n) is 5.55. The number of rotatable bonds is 4. The lowest BCUT2D eigenvalue weighted by atomic mass is 10.0. The summed E-state index contributed by atoms with van der Waals surface area (Å²) in [6.07, 6.45) is 1.37. The van der Waals surface area contributed by atoms with Crippen LogP contribution in [0, 0.1) is 32.1 Å². The molecule has 0 spiro atoms. The third-order valence-electron chi connectivity index (χ3n) is 3.49. The van der Waals surface area contributed by atoms with E-state index in [4.69, 9.17) is 11.6 Å². The number of nitrogens with one attached hydrogen (secondary N) is 2. The molecule has 2 rings (SSSR count). The first-order valence-corrected chi connectivity index (χ1v) is 7.80. The normalized spacial score (nSPS) is 10.9. The number of nitriles is 1. The van der Waals surface area contributed by atoms with E-state index >= 15 is 0 Å². The molecular weight excluding hydrogens is 322 g/mol. The Morgan fingerprint density at radius 3 is 2.42 bits per heavy atom. The minimum Gasteiger partial charge on any atom is -0.360 e. The van der Waals surface area contributed by atoms with E-state index < -0.39 is 5.91 Å².